The summed E-state index contributed by atoms with van der Waals surface area (Å²) in [5.41, 5.74) is 9.61. The summed E-state index contributed by atoms with van der Waals surface area (Å²) in [7, 11) is 2.26. The standard InChI is InChI=1S/C25H30N2/c1-6-23-25-21(13-14-26(23)5)22-15-18(3)9-12-24(22)27(25)16-19(4)20-10-7-17(2)8-11-20/h7-12,15-16,23H,6,13-14H2,1-5H3/b19-16+. The van der Waals surface area contributed by atoms with Gasteiger partial charge >= 0.3 is 0 Å². The molecule has 27 heavy (non-hydrogen) atoms. The van der Waals surface area contributed by atoms with E-state index in [1.807, 2.05) is 0 Å². The fourth-order valence-electron chi connectivity index (χ4n) is 4.52. The number of rotatable bonds is 3. The van der Waals surface area contributed by atoms with Crippen LogP contribution in [0.25, 0.3) is 22.7 Å². The molecular formula is C25H30N2. The number of nitrogens with zero attached hydrogens (tertiary/aromatic N) is 2. The Labute approximate surface area is 163 Å². The van der Waals surface area contributed by atoms with E-state index in [4.69, 9.17) is 0 Å². The molecule has 1 atom stereocenters. The maximum Gasteiger partial charge on any atom is 0.0529 e. The predicted octanol–water partition coefficient (Wildman–Crippen LogP) is 6.22. The molecule has 2 aromatic carbocycles. The molecule has 0 N–H and O–H groups in total. The van der Waals surface area contributed by atoms with Crippen LogP contribution in [0, 0.1) is 13.8 Å². The Kier molecular flexibility index (Phi) is 4.69. The maximum atomic E-state index is 2.51. The Morgan fingerprint density at radius 3 is 2.48 bits per heavy atom. The summed E-state index contributed by atoms with van der Waals surface area (Å²) in [5, 5.41) is 1.43. The number of hydrogen-bond donors (Lipinski definition) is 0. The zero-order valence-electron chi connectivity index (χ0n) is 17.2. The molecule has 4 rings (SSSR count). The molecule has 0 amide bonds. The Morgan fingerprint density at radius 2 is 1.78 bits per heavy atom. The Hall–Kier alpha value is -2.32. The van der Waals surface area contributed by atoms with Gasteiger partial charge in [-0.05, 0) is 69.5 Å². The van der Waals surface area contributed by atoms with Crippen molar-refractivity contribution < 1.29 is 0 Å². The molecule has 2 heteroatoms. The number of fused-ring (bicyclic) bond motifs is 3. The van der Waals surface area contributed by atoms with Gasteiger partial charge in [-0.15, -0.1) is 0 Å². The van der Waals surface area contributed by atoms with E-state index in [2.05, 4.69) is 92.9 Å². The van der Waals surface area contributed by atoms with E-state index < -0.39 is 0 Å². The van der Waals surface area contributed by atoms with Gasteiger partial charge in [0.1, 0.15) is 0 Å². The second-order valence-corrected chi connectivity index (χ2v) is 8.09. The lowest BCUT2D eigenvalue weighted by atomic mass is 9.96. The van der Waals surface area contributed by atoms with Gasteiger partial charge in [0.15, 0.2) is 0 Å². The molecule has 2 heterocycles. The van der Waals surface area contributed by atoms with Crippen molar-refractivity contribution in [1.29, 1.82) is 0 Å². The van der Waals surface area contributed by atoms with Crippen LogP contribution in [0.2, 0.25) is 0 Å². The van der Waals surface area contributed by atoms with E-state index in [-0.39, 0.29) is 0 Å². The van der Waals surface area contributed by atoms with Crippen LogP contribution in [0.15, 0.2) is 42.5 Å². The van der Waals surface area contributed by atoms with Gasteiger partial charge in [0.25, 0.3) is 0 Å². The summed E-state index contributed by atoms with van der Waals surface area (Å²) in [6.07, 6.45) is 4.62. The van der Waals surface area contributed by atoms with E-state index in [0.717, 1.165) is 19.4 Å². The first-order chi connectivity index (χ1) is 13.0. The molecule has 3 aromatic rings. The average Bonchev–Trinajstić information content (AvgIpc) is 2.95. The molecule has 0 fully saturated rings. The van der Waals surface area contributed by atoms with Gasteiger partial charge in [0, 0.05) is 23.8 Å². The van der Waals surface area contributed by atoms with Crippen LogP contribution in [0.4, 0.5) is 0 Å². The first-order valence-corrected chi connectivity index (χ1v) is 10.1. The monoisotopic (exact) mass is 358 g/mol. The van der Waals surface area contributed by atoms with Gasteiger partial charge in [-0.2, -0.15) is 0 Å². The third-order valence-electron chi connectivity index (χ3n) is 6.08. The average molecular weight is 359 g/mol. The highest BCUT2D eigenvalue weighted by atomic mass is 15.2. The van der Waals surface area contributed by atoms with Crippen molar-refractivity contribution in [2.45, 2.75) is 46.6 Å². The Bertz CT molecular complexity index is 1000. The normalized spacial score (nSPS) is 18.1. The van der Waals surface area contributed by atoms with E-state index in [1.54, 1.807) is 5.56 Å². The first-order valence-electron chi connectivity index (χ1n) is 10.1. The van der Waals surface area contributed by atoms with Gasteiger partial charge in [0.2, 0.25) is 0 Å². The zero-order chi connectivity index (χ0) is 19.1. The topological polar surface area (TPSA) is 8.17 Å². The molecule has 140 valence electrons. The summed E-state index contributed by atoms with van der Waals surface area (Å²) < 4.78 is 2.48. The third kappa shape index (κ3) is 3.12. The van der Waals surface area contributed by atoms with Gasteiger partial charge < -0.3 is 4.57 Å². The third-order valence-corrected chi connectivity index (χ3v) is 6.08. The lowest BCUT2D eigenvalue weighted by Crippen LogP contribution is -2.32. The van der Waals surface area contributed by atoms with Crippen LogP contribution < -0.4 is 0 Å². The largest absolute Gasteiger partial charge is 0.318 e. The smallest absolute Gasteiger partial charge is 0.0529 e. The lowest BCUT2D eigenvalue weighted by molar-refractivity contribution is 0.220. The number of likely N-dealkylation sites (N-methyl/N-ethyl adjacent to an activating group) is 1. The molecule has 2 nitrogen and oxygen atoms in total. The molecule has 0 saturated carbocycles. The molecule has 0 spiro atoms. The first kappa shape index (κ1) is 18.1. The van der Waals surface area contributed by atoms with Gasteiger partial charge in [-0.1, -0.05) is 48.4 Å². The molecule has 1 unspecified atom stereocenters. The number of aryl methyl sites for hydroxylation is 2. The van der Waals surface area contributed by atoms with Gasteiger partial charge in [-0.3, -0.25) is 4.90 Å². The highest BCUT2D eigenvalue weighted by Crippen LogP contribution is 2.39. The number of aromatic nitrogens is 1. The maximum absolute atomic E-state index is 2.51. The molecule has 0 saturated heterocycles. The van der Waals surface area contributed by atoms with Crippen LogP contribution in [0.3, 0.4) is 0 Å². The quantitative estimate of drug-likeness (QED) is 0.540. The molecule has 0 bridgehead atoms. The van der Waals surface area contributed by atoms with Gasteiger partial charge in [0.05, 0.1) is 11.6 Å². The summed E-state index contributed by atoms with van der Waals surface area (Å²) in [6.45, 7) is 10.0. The van der Waals surface area contributed by atoms with Crippen LogP contribution in [0.5, 0.6) is 0 Å². The number of benzene rings is 2. The van der Waals surface area contributed by atoms with Crippen molar-refractivity contribution in [1.82, 2.24) is 9.47 Å². The molecule has 1 aliphatic rings. The highest BCUT2D eigenvalue weighted by Gasteiger charge is 2.29. The van der Waals surface area contributed by atoms with Crippen molar-refractivity contribution in [2.75, 3.05) is 13.6 Å². The van der Waals surface area contributed by atoms with Gasteiger partial charge in [-0.25, -0.2) is 0 Å². The fourth-order valence-corrected chi connectivity index (χ4v) is 4.52. The molecule has 0 aliphatic carbocycles. The fraction of sp³-hybridized carbons (Fsp3) is 0.360. The summed E-state index contributed by atoms with van der Waals surface area (Å²) in [4.78, 5) is 2.51. The minimum Gasteiger partial charge on any atom is -0.318 e. The zero-order valence-corrected chi connectivity index (χ0v) is 17.2. The minimum atomic E-state index is 0.475. The summed E-state index contributed by atoms with van der Waals surface area (Å²) in [6, 6.07) is 16.2. The predicted molar refractivity (Wildman–Crippen MR) is 117 cm³/mol. The summed E-state index contributed by atoms with van der Waals surface area (Å²) in [5.74, 6) is 0. The second kappa shape index (κ2) is 7.01. The van der Waals surface area contributed by atoms with E-state index in [1.165, 1.54) is 38.9 Å². The van der Waals surface area contributed by atoms with Crippen molar-refractivity contribution in [3.8, 4) is 0 Å². The Morgan fingerprint density at radius 1 is 1.07 bits per heavy atom. The Balaban J connectivity index is 1.95. The van der Waals surface area contributed by atoms with Crippen LogP contribution in [-0.4, -0.2) is 23.1 Å². The molecule has 1 aliphatic heterocycles. The molecular weight excluding hydrogens is 328 g/mol. The number of allylic oxidation sites excluding steroid dienone is 1. The summed E-state index contributed by atoms with van der Waals surface area (Å²) >= 11 is 0. The van der Waals surface area contributed by atoms with Crippen molar-refractivity contribution in [2.24, 2.45) is 0 Å². The van der Waals surface area contributed by atoms with Crippen LogP contribution >= 0.6 is 0 Å². The van der Waals surface area contributed by atoms with Crippen molar-refractivity contribution in [3.63, 3.8) is 0 Å². The van der Waals surface area contributed by atoms with Crippen LogP contribution in [0.1, 0.15) is 54.3 Å². The van der Waals surface area contributed by atoms with Crippen LogP contribution in [-0.2, 0) is 6.42 Å². The van der Waals surface area contributed by atoms with Crippen molar-refractivity contribution >= 4 is 22.7 Å². The SMILES string of the molecule is CCC1c2c(c3cc(C)ccc3n2/C=C(\C)c2ccc(C)cc2)CCN1C. The van der Waals surface area contributed by atoms with E-state index in [9.17, 15) is 0 Å². The minimum absolute atomic E-state index is 0.475. The van der Waals surface area contributed by atoms with E-state index >= 15 is 0 Å². The lowest BCUT2D eigenvalue weighted by Gasteiger charge is -2.33. The second-order valence-electron chi connectivity index (χ2n) is 8.09. The number of hydrogen-bond acceptors (Lipinski definition) is 1. The molecule has 0 radical (unpaired) electrons. The molecule has 1 aromatic heterocycles. The van der Waals surface area contributed by atoms with E-state index in [0.29, 0.717) is 6.04 Å². The highest BCUT2D eigenvalue weighted by molar-refractivity contribution is 5.90. The van der Waals surface area contributed by atoms with Crippen molar-refractivity contribution in [3.05, 3.63) is 70.4 Å².